The number of carbonyl (C=O) groups excluding carboxylic acids is 1. The van der Waals surface area contributed by atoms with E-state index in [0.29, 0.717) is 17.6 Å². The number of nitrogens with two attached hydrogens (primary N) is 1. The Bertz CT molecular complexity index is 778. The van der Waals surface area contributed by atoms with E-state index in [2.05, 4.69) is 40.4 Å². The first-order chi connectivity index (χ1) is 12.6. The van der Waals surface area contributed by atoms with Gasteiger partial charge in [-0.25, -0.2) is 4.98 Å². The highest BCUT2D eigenvalue weighted by atomic mass is 16.1. The fraction of sp³-hybridized carbons (Fsp3) is 0.421. The largest absolute Gasteiger partial charge is 0.366 e. The Balaban J connectivity index is 1.90. The van der Waals surface area contributed by atoms with Crippen LogP contribution in [0.1, 0.15) is 36.3 Å². The number of primary amides is 1. The molecule has 1 saturated heterocycles. The van der Waals surface area contributed by atoms with Gasteiger partial charge in [0.2, 0.25) is 11.9 Å². The highest BCUT2D eigenvalue weighted by Gasteiger charge is 2.20. The van der Waals surface area contributed by atoms with Gasteiger partial charge in [0, 0.05) is 48.7 Å². The molecular formula is C19H26N6O. The minimum Gasteiger partial charge on any atom is -0.366 e. The van der Waals surface area contributed by atoms with Crippen molar-refractivity contribution in [2.75, 3.05) is 29.9 Å². The third-order valence-corrected chi connectivity index (χ3v) is 4.47. The summed E-state index contributed by atoms with van der Waals surface area (Å²) >= 11 is 0. The number of nitrogens with one attached hydrogen (secondary N) is 2. The quantitative estimate of drug-likeness (QED) is 0.735. The minimum absolute atomic E-state index is 0.374. The summed E-state index contributed by atoms with van der Waals surface area (Å²) in [6, 6.07) is 9.52. The summed E-state index contributed by atoms with van der Waals surface area (Å²) in [4.78, 5) is 23.1. The smallest absolute Gasteiger partial charge is 0.248 e. The average Bonchev–Trinajstić information content (AvgIpc) is 2.62. The van der Waals surface area contributed by atoms with E-state index >= 15 is 0 Å². The van der Waals surface area contributed by atoms with Gasteiger partial charge in [-0.15, -0.1) is 0 Å². The molecule has 1 atom stereocenters. The summed E-state index contributed by atoms with van der Waals surface area (Å²) in [7, 11) is 0. The molecule has 1 aromatic heterocycles. The lowest BCUT2D eigenvalue weighted by Crippen LogP contribution is -2.50. The Hall–Kier alpha value is -2.67. The minimum atomic E-state index is -0.454. The molecule has 0 saturated carbocycles. The molecule has 4 N–H and O–H groups in total. The fourth-order valence-electron chi connectivity index (χ4n) is 3.13. The van der Waals surface area contributed by atoms with Gasteiger partial charge in [0.1, 0.15) is 5.82 Å². The van der Waals surface area contributed by atoms with Gasteiger partial charge >= 0.3 is 0 Å². The molecule has 0 unspecified atom stereocenters. The van der Waals surface area contributed by atoms with E-state index in [1.54, 1.807) is 18.2 Å². The van der Waals surface area contributed by atoms with Crippen LogP contribution in [-0.4, -0.2) is 41.6 Å². The fourth-order valence-corrected chi connectivity index (χ4v) is 3.13. The van der Waals surface area contributed by atoms with E-state index in [-0.39, 0.29) is 0 Å². The molecule has 0 aliphatic carbocycles. The van der Waals surface area contributed by atoms with Crippen molar-refractivity contribution in [3.05, 3.63) is 41.6 Å². The lowest BCUT2D eigenvalue weighted by atomic mass is 10.2. The lowest BCUT2D eigenvalue weighted by molar-refractivity contribution is 0.100. The van der Waals surface area contributed by atoms with Crippen molar-refractivity contribution in [2.24, 2.45) is 5.73 Å². The van der Waals surface area contributed by atoms with Crippen LogP contribution in [0.5, 0.6) is 0 Å². The molecule has 2 aromatic rings. The van der Waals surface area contributed by atoms with Crippen LogP contribution in [0.3, 0.4) is 0 Å². The molecule has 1 fully saturated rings. The number of amides is 1. The third kappa shape index (κ3) is 4.29. The van der Waals surface area contributed by atoms with E-state index in [0.717, 1.165) is 49.7 Å². The molecule has 0 bridgehead atoms. The number of hydrogen-bond donors (Lipinski definition) is 3. The molecular weight excluding hydrogens is 328 g/mol. The molecule has 26 heavy (non-hydrogen) atoms. The summed E-state index contributed by atoms with van der Waals surface area (Å²) in [6.07, 6.45) is 1.91. The monoisotopic (exact) mass is 354 g/mol. The van der Waals surface area contributed by atoms with Gasteiger partial charge in [-0.3, -0.25) is 4.79 Å². The second kappa shape index (κ2) is 8.14. The van der Waals surface area contributed by atoms with Crippen molar-refractivity contribution in [2.45, 2.75) is 32.7 Å². The molecule has 1 amide bonds. The van der Waals surface area contributed by atoms with Crippen molar-refractivity contribution in [1.29, 1.82) is 0 Å². The van der Waals surface area contributed by atoms with Crippen LogP contribution in [0, 0.1) is 0 Å². The third-order valence-electron chi connectivity index (χ3n) is 4.47. The summed E-state index contributed by atoms with van der Waals surface area (Å²) in [5, 5.41) is 6.62. The number of anilines is 3. The first-order valence-electron chi connectivity index (χ1n) is 9.09. The molecule has 7 nitrogen and oxygen atoms in total. The second-order valence-corrected chi connectivity index (χ2v) is 6.61. The van der Waals surface area contributed by atoms with E-state index in [9.17, 15) is 4.79 Å². The zero-order chi connectivity index (χ0) is 18.5. The standard InChI is InChI=1S/C19H26N6O/c1-3-5-15-11-17(25-9-8-21-12-13(25)2)24-19(22-15)23-16-7-4-6-14(10-16)18(20)26/h4,6-7,10-11,13,21H,3,5,8-9,12H2,1-2H3,(H2,20,26)(H,22,23,24)/t13-/m1/s1. The second-order valence-electron chi connectivity index (χ2n) is 6.61. The van der Waals surface area contributed by atoms with Gasteiger partial charge in [0.15, 0.2) is 0 Å². The van der Waals surface area contributed by atoms with Gasteiger partial charge in [-0.2, -0.15) is 4.98 Å². The summed E-state index contributed by atoms with van der Waals surface area (Å²) in [5.74, 6) is 1.02. The molecule has 1 aromatic carbocycles. The number of hydrogen-bond acceptors (Lipinski definition) is 6. The van der Waals surface area contributed by atoms with Crippen molar-refractivity contribution in [3.8, 4) is 0 Å². The first-order valence-corrected chi connectivity index (χ1v) is 9.09. The predicted molar refractivity (Wildman–Crippen MR) is 104 cm³/mol. The molecule has 0 radical (unpaired) electrons. The zero-order valence-corrected chi connectivity index (χ0v) is 15.3. The zero-order valence-electron chi connectivity index (χ0n) is 15.3. The normalized spacial score (nSPS) is 17.2. The molecule has 1 aliphatic rings. The summed E-state index contributed by atoms with van der Waals surface area (Å²) < 4.78 is 0. The number of rotatable bonds is 6. The molecule has 0 spiro atoms. The SMILES string of the molecule is CCCc1cc(N2CCNC[C@H]2C)nc(Nc2cccc(C(N)=O)c2)n1. The Kier molecular flexibility index (Phi) is 5.68. The Morgan fingerprint density at radius 3 is 2.96 bits per heavy atom. The van der Waals surface area contributed by atoms with Crippen LogP contribution < -0.4 is 21.3 Å². The number of nitrogens with zero attached hydrogens (tertiary/aromatic N) is 3. The van der Waals surface area contributed by atoms with Gasteiger partial charge < -0.3 is 21.3 Å². The van der Waals surface area contributed by atoms with Crippen LogP contribution in [-0.2, 0) is 6.42 Å². The van der Waals surface area contributed by atoms with E-state index in [4.69, 9.17) is 10.7 Å². The molecule has 1 aliphatic heterocycles. The van der Waals surface area contributed by atoms with Crippen LogP contribution >= 0.6 is 0 Å². The Morgan fingerprint density at radius 1 is 1.38 bits per heavy atom. The highest BCUT2D eigenvalue weighted by molar-refractivity contribution is 5.93. The van der Waals surface area contributed by atoms with Crippen molar-refractivity contribution >= 4 is 23.4 Å². The highest BCUT2D eigenvalue weighted by Crippen LogP contribution is 2.22. The lowest BCUT2D eigenvalue weighted by Gasteiger charge is -2.35. The summed E-state index contributed by atoms with van der Waals surface area (Å²) in [5.41, 5.74) is 7.58. The van der Waals surface area contributed by atoms with Crippen LogP contribution in [0.4, 0.5) is 17.5 Å². The maximum Gasteiger partial charge on any atom is 0.248 e. The number of piperazine rings is 1. The van der Waals surface area contributed by atoms with Crippen molar-refractivity contribution in [3.63, 3.8) is 0 Å². The number of carbonyl (C=O) groups is 1. The van der Waals surface area contributed by atoms with Gasteiger partial charge in [0.25, 0.3) is 0 Å². The maximum atomic E-state index is 11.4. The van der Waals surface area contributed by atoms with Gasteiger partial charge in [-0.05, 0) is 31.5 Å². The topological polar surface area (TPSA) is 96.2 Å². The first kappa shape index (κ1) is 18.1. The van der Waals surface area contributed by atoms with E-state index in [1.165, 1.54) is 0 Å². The van der Waals surface area contributed by atoms with E-state index < -0.39 is 5.91 Å². The maximum absolute atomic E-state index is 11.4. The van der Waals surface area contributed by atoms with E-state index in [1.807, 2.05) is 6.07 Å². The number of benzene rings is 1. The Morgan fingerprint density at radius 2 is 2.23 bits per heavy atom. The summed E-state index contributed by atoms with van der Waals surface area (Å²) in [6.45, 7) is 7.13. The van der Waals surface area contributed by atoms with Crippen LogP contribution in [0.25, 0.3) is 0 Å². The molecule has 2 heterocycles. The number of aryl methyl sites for hydroxylation is 1. The van der Waals surface area contributed by atoms with Crippen molar-refractivity contribution in [1.82, 2.24) is 15.3 Å². The van der Waals surface area contributed by atoms with Crippen LogP contribution in [0.2, 0.25) is 0 Å². The van der Waals surface area contributed by atoms with Crippen LogP contribution in [0.15, 0.2) is 30.3 Å². The average molecular weight is 354 g/mol. The van der Waals surface area contributed by atoms with Crippen molar-refractivity contribution < 1.29 is 4.79 Å². The molecule has 3 rings (SSSR count). The molecule has 7 heteroatoms. The van der Waals surface area contributed by atoms with Gasteiger partial charge in [0.05, 0.1) is 0 Å². The Labute approximate surface area is 154 Å². The molecule has 138 valence electrons. The predicted octanol–water partition coefficient (Wildman–Crippen LogP) is 2.07. The number of aromatic nitrogens is 2. The van der Waals surface area contributed by atoms with Gasteiger partial charge in [-0.1, -0.05) is 19.4 Å².